The summed E-state index contributed by atoms with van der Waals surface area (Å²) >= 11 is 13.9. The van der Waals surface area contributed by atoms with E-state index in [-0.39, 0.29) is 22.4 Å². The predicted octanol–water partition coefficient (Wildman–Crippen LogP) is 9.08. The van der Waals surface area contributed by atoms with Gasteiger partial charge in [0.05, 0.1) is 10.0 Å². The quantitative estimate of drug-likeness (QED) is 0.0727. The van der Waals surface area contributed by atoms with E-state index >= 15 is 0 Å². The molecule has 5 rings (SSSR count). The third kappa shape index (κ3) is 9.01. The van der Waals surface area contributed by atoms with Gasteiger partial charge >= 0.3 is 0 Å². The van der Waals surface area contributed by atoms with Crippen molar-refractivity contribution >= 4 is 75.9 Å². The Morgan fingerprint density at radius 3 is 1.92 bits per heavy atom. The van der Waals surface area contributed by atoms with Crippen molar-refractivity contribution in [3.8, 4) is 0 Å². The summed E-state index contributed by atoms with van der Waals surface area (Å²) in [5, 5.41) is 8.41. The number of hydrogen-bond donors (Lipinski definition) is 3. The standard InChI is InChI=1S/C38H29Cl2N3O4S/c1-24(44)25-15-17-29(18-16-25)42-38(47)35(26-9-4-2-5-10-26)48-31-21-19-30(20-22-31)41-37(46)33(23-28-13-8-14-32(39)34(28)40)43-36(45)27-11-6-3-7-12-27/h2-23,35H,1H3,(H,41,46)(H,42,47)(H,43,45)/b33-23-. The van der Waals surface area contributed by atoms with E-state index in [2.05, 4.69) is 16.0 Å². The number of ketones is 1. The number of hydrogen-bond acceptors (Lipinski definition) is 5. The highest BCUT2D eigenvalue weighted by Crippen LogP contribution is 2.37. The van der Waals surface area contributed by atoms with Crippen LogP contribution >= 0.6 is 35.0 Å². The number of nitrogens with one attached hydrogen (secondary N) is 3. The summed E-state index contributed by atoms with van der Waals surface area (Å²) in [6.07, 6.45) is 1.46. The first kappa shape index (κ1) is 34.2. The number of Topliss-reactive ketones (excluding diaryl/α,β-unsaturated/α-hetero) is 1. The Labute approximate surface area is 292 Å². The Morgan fingerprint density at radius 2 is 1.27 bits per heavy atom. The Kier molecular flexibility index (Phi) is 11.5. The molecule has 5 aromatic carbocycles. The Hall–Kier alpha value is -5.15. The van der Waals surface area contributed by atoms with Gasteiger partial charge in [0.2, 0.25) is 5.91 Å². The van der Waals surface area contributed by atoms with Crippen LogP contribution in [0.4, 0.5) is 11.4 Å². The number of carbonyl (C=O) groups is 4. The molecule has 0 aliphatic heterocycles. The van der Waals surface area contributed by atoms with E-state index in [0.29, 0.717) is 33.1 Å². The third-order valence-corrected chi connectivity index (χ3v) is 9.18. The molecular weight excluding hydrogens is 665 g/mol. The van der Waals surface area contributed by atoms with Gasteiger partial charge in [-0.15, -0.1) is 11.8 Å². The molecule has 0 aliphatic rings. The highest BCUT2D eigenvalue weighted by atomic mass is 35.5. The van der Waals surface area contributed by atoms with Crippen LogP contribution in [0, 0.1) is 0 Å². The predicted molar refractivity (Wildman–Crippen MR) is 194 cm³/mol. The molecule has 3 amide bonds. The third-order valence-electron chi connectivity index (χ3n) is 7.08. The monoisotopic (exact) mass is 693 g/mol. The van der Waals surface area contributed by atoms with Gasteiger partial charge in [-0.05, 0) is 90.9 Å². The van der Waals surface area contributed by atoms with Crippen molar-refractivity contribution in [3.63, 3.8) is 0 Å². The first-order valence-electron chi connectivity index (χ1n) is 14.7. The maximum atomic E-state index is 13.5. The summed E-state index contributed by atoms with van der Waals surface area (Å²) < 4.78 is 0. The summed E-state index contributed by atoms with van der Waals surface area (Å²) in [5.41, 5.74) is 3.20. The maximum Gasteiger partial charge on any atom is 0.272 e. The normalized spacial score (nSPS) is 11.7. The van der Waals surface area contributed by atoms with Crippen molar-refractivity contribution < 1.29 is 19.2 Å². The highest BCUT2D eigenvalue weighted by molar-refractivity contribution is 8.00. The van der Waals surface area contributed by atoms with Gasteiger partial charge in [-0.25, -0.2) is 0 Å². The fourth-order valence-electron chi connectivity index (χ4n) is 4.58. The van der Waals surface area contributed by atoms with Gasteiger partial charge < -0.3 is 16.0 Å². The van der Waals surface area contributed by atoms with Crippen LogP contribution < -0.4 is 16.0 Å². The van der Waals surface area contributed by atoms with E-state index in [4.69, 9.17) is 23.2 Å². The molecular formula is C38H29Cl2N3O4S. The minimum absolute atomic E-state index is 0.0383. The fraction of sp³-hybridized carbons (Fsp3) is 0.0526. The van der Waals surface area contributed by atoms with Crippen molar-refractivity contribution in [2.75, 3.05) is 10.6 Å². The molecule has 240 valence electrons. The summed E-state index contributed by atoms with van der Waals surface area (Å²) in [7, 11) is 0. The molecule has 5 aromatic rings. The molecule has 0 radical (unpaired) electrons. The number of thioether (sulfide) groups is 1. The van der Waals surface area contributed by atoms with Gasteiger partial charge in [0, 0.05) is 27.4 Å². The summed E-state index contributed by atoms with van der Waals surface area (Å²) in [4.78, 5) is 52.4. The lowest BCUT2D eigenvalue weighted by Crippen LogP contribution is -2.30. The number of benzene rings is 5. The van der Waals surface area contributed by atoms with E-state index < -0.39 is 17.1 Å². The molecule has 1 atom stereocenters. The number of halogens is 2. The average Bonchev–Trinajstić information content (AvgIpc) is 3.10. The Balaban J connectivity index is 1.33. The minimum Gasteiger partial charge on any atom is -0.325 e. The van der Waals surface area contributed by atoms with Gasteiger partial charge in [-0.1, -0.05) is 83.9 Å². The average molecular weight is 695 g/mol. The lowest BCUT2D eigenvalue weighted by atomic mass is 10.1. The molecule has 0 aliphatic carbocycles. The van der Waals surface area contributed by atoms with Crippen molar-refractivity contribution in [1.29, 1.82) is 0 Å². The zero-order valence-electron chi connectivity index (χ0n) is 25.6. The lowest BCUT2D eigenvalue weighted by Gasteiger charge is -2.18. The molecule has 0 saturated heterocycles. The first-order chi connectivity index (χ1) is 23.2. The maximum absolute atomic E-state index is 13.5. The van der Waals surface area contributed by atoms with Crippen LogP contribution in [0.25, 0.3) is 6.08 Å². The van der Waals surface area contributed by atoms with Crippen LogP contribution in [0.1, 0.15) is 44.0 Å². The molecule has 0 fully saturated rings. The second-order valence-electron chi connectivity index (χ2n) is 10.5. The van der Waals surface area contributed by atoms with Crippen LogP contribution in [0.3, 0.4) is 0 Å². The van der Waals surface area contributed by atoms with Crippen LogP contribution in [0.5, 0.6) is 0 Å². The van der Waals surface area contributed by atoms with Crippen molar-refractivity contribution in [1.82, 2.24) is 5.32 Å². The topological polar surface area (TPSA) is 104 Å². The van der Waals surface area contributed by atoms with E-state index in [1.807, 2.05) is 30.3 Å². The van der Waals surface area contributed by atoms with Crippen molar-refractivity contribution in [2.45, 2.75) is 17.1 Å². The molecule has 0 aromatic heterocycles. The van der Waals surface area contributed by atoms with E-state index in [1.54, 1.807) is 97.1 Å². The van der Waals surface area contributed by atoms with Gasteiger partial charge in [0.25, 0.3) is 11.8 Å². The molecule has 0 spiro atoms. The molecule has 3 N–H and O–H groups in total. The van der Waals surface area contributed by atoms with Crippen molar-refractivity contribution in [3.05, 3.63) is 165 Å². The smallest absolute Gasteiger partial charge is 0.272 e. The molecule has 0 bridgehead atoms. The zero-order chi connectivity index (χ0) is 34.0. The van der Waals surface area contributed by atoms with Gasteiger partial charge in [0.1, 0.15) is 10.9 Å². The Bertz CT molecular complexity index is 1970. The van der Waals surface area contributed by atoms with E-state index in [9.17, 15) is 19.2 Å². The molecule has 48 heavy (non-hydrogen) atoms. The molecule has 10 heteroatoms. The molecule has 7 nitrogen and oxygen atoms in total. The van der Waals surface area contributed by atoms with Crippen LogP contribution in [-0.4, -0.2) is 23.5 Å². The Morgan fingerprint density at radius 1 is 0.667 bits per heavy atom. The van der Waals surface area contributed by atoms with Crippen LogP contribution in [0.2, 0.25) is 10.0 Å². The SMILES string of the molecule is CC(=O)c1ccc(NC(=O)C(Sc2ccc(NC(=O)/C(=C/c3cccc(Cl)c3Cl)NC(=O)c3ccccc3)cc2)c2ccccc2)cc1. The summed E-state index contributed by atoms with van der Waals surface area (Å²) in [6.45, 7) is 1.49. The first-order valence-corrected chi connectivity index (χ1v) is 16.4. The van der Waals surface area contributed by atoms with Crippen LogP contribution in [-0.2, 0) is 9.59 Å². The zero-order valence-corrected chi connectivity index (χ0v) is 27.9. The lowest BCUT2D eigenvalue weighted by molar-refractivity contribution is -0.116. The second kappa shape index (κ2) is 16.1. The van der Waals surface area contributed by atoms with Crippen molar-refractivity contribution in [2.24, 2.45) is 0 Å². The molecule has 0 saturated carbocycles. The largest absolute Gasteiger partial charge is 0.325 e. The van der Waals surface area contributed by atoms with Gasteiger partial charge in [-0.2, -0.15) is 0 Å². The van der Waals surface area contributed by atoms with E-state index in [0.717, 1.165) is 10.5 Å². The van der Waals surface area contributed by atoms with Gasteiger partial charge in [0.15, 0.2) is 5.78 Å². The second-order valence-corrected chi connectivity index (χ2v) is 12.5. The number of carbonyl (C=O) groups excluding carboxylic acids is 4. The number of rotatable bonds is 11. The van der Waals surface area contributed by atoms with E-state index in [1.165, 1.54) is 24.8 Å². The molecule has 0 heterocycles. The van der Waals surface area contributed by atoms with Gasteiger partial charge in [-0.3, -0.25) is 19.2 Å². The van der Waals surface area contributed by atoms with Crippen LogP contribution in [0.15, 0.2) is 138 Å². The minimum atomic E-state index is -0.593. The fourth-order valence-corrected chi connectivity index (χ4v) is 5.97. The number of anilines is 2. The summed E-state index contributed by atoms with van der Waals surface area (Å²) in [5.74, 6) is -1.34. The number of amides is 3. The summed E-state index contributed by atoms with van der Waals surface area (Å²) in [6, 6.07) is 36.7. The highest BCUT2D eigenvalue weighted by Gasteiger charge is 2.23. The molecule has 1 unspecified atom stereocenters.